The van der Waals surface area contributed by atoms with Crippen LogP contribution in [0.15, 0.2) is 30.3 Å². The molecule has 0 aliphatic rings. The van der Waals surface area contributed by atoms with Crippen molar-refractivity contribution in [2.45, 2.75) is 26.8 Å². The molecular weight excluding hydrogens is 226 g/mol. The Labute approximate surface area is 108 Å². The lowest BCUT2D eigenvalue weighted by molar-refractivity contribution is 0.690. The molecule has 1 nitrogen and oxygen atoms in total. The number of rotatable bonds is 3. The Hall–Kier alpha value is -1.12. The molecule has 0 bridgehead atoms. The van der Waals surface area contributed by atoms with E-state index in [1.54, 1.807) is 0 Å². The highest BCUT2D eigenvalue weighted by molar-refractivity contribution is 7.12. The first-order valence-electron chi connectivity index (χ1n) is 5.92. The minimum Gasteiger partial charge on any atom is -0.309 e. The van der Waals surface area contributed by atoms with Crippen LogP contribution in [0, 0.1) is 20.8 Å². The van der Waals surface area contributed by atoms with Gasteiger partial charge in [0.25, 0.3) is 0 Å². The monoisotopic (exact) mass is 245 g/mol. The van der Waals surface area contributed by atoms with Crippen molar-refractivity contribution >= 4 is 11.3 Å². The zero-order chi connectivity index (χ0) is 12.4. The molecule has 2 aromatic rings. The van der Waals surface area contributed by atoms with Crippen molar-refractivity contribution in [2.75, 3.05) is 7.05 Å². The topological polar surface area (TPSA) is 12.0 Å². The summed E-state index contributed by atoms with van der Waals surface area (Å²) in [6.45, 7) is 6.49. The lowest BCUT2D eigenvalue weighted by Crippen LogP contribution is -2.17. The van der Waals surface area contributed by atoms with Crippen LogP contribution in [0.5, 0.6) is 0 Å². The molecule has 0 aliphatic heterocycles. The fourth-order valence-electron chi connectivity index (χ4n) is 2.20. The van der Waals surface area contributed by atoms with Crippen LogP contribution in [-0.4, -0.2) is 7.05 Å². The number of thiophene rings is 1. The van der Waals surface area contributed by atoms with Crippen molar-refractivity contribution in [2.24, 2.45) is 0 Å². The summed E-state index contributed by atoms with van der Waals surface area (Å²) >= 11 is 1.87. The lowest BCUT2D eigenvalue weighted by atomic mass is 9.98. The molecule has 1 N–H and O–H groups in total. The van der Waals surface area contributed by atoms with E-state index in [0.717, 1.165) is 0 Å². The van der Waals surface area contributed by atoms with Crippen LogP contribution in [0.25, 0.3) is 0 Å². The van der Waals surface area contributed by atoms with Gasteiger partial charge in [-0.2, -0.15) is 0 Å². The van der Waals surface area contributed by atoms with Gasteiger partial charge in [0.15, 0.2) is 0 Å². The van der Waals surface area contributed by atoms with Gasteiger partial charge in [-0.3, -0.25) is 0 Å². The molecule has 0 fully saturated rings. The summed E-state index contributed by atoms with van der Waals surface area (Å²) in [6, 6.07) is 11.4. The summed E-state index contributed by atoms with van der Waals surface area (Å²) in [5.41, 5.74) is 4.04. The minimum absolute atomic E-state index is 0.306. The first-order valence-corrected chi connectivity index (χ1v) is 6.74. The van der Waals surface area contributed by atoms with Crippen LogP contribution in [0.3, 0.4) is 0 Å². The van der Waals surface area contributed by atoms with Gasteiger partial charge in [-0.15, -0.1) is 11.3 Å². The Bertz CT molecular complexity index is 496. The summed E-state index contributed by atoms with van der Waals surface area (Å²) < 4.78 is 0. The van der Waals surface area contributed by atoms with Crippen molar-refractivity contribution in [3.8, 4) is 0 Å². The zero-order valence-electron chi connectivity index (χ0n) is 10.9. The molecule has 1 aromatic heterocycles. The van der Waals surface area contributed by atoms with E-state index in [1.165, 1.54) is 26.4 Å². The van der Waals surface area contributed by atoms with Crippen LogP contribution >= 0.6 is 11.3 Å². The minimum atomic E-state index is 0.306. The second-order valence-electron chi connectivity index (χ2n) is 4.50. The standard InChI is InChI=1S/C15H19NS/c1-10-5-7-13(8-6-10)15(16-4)14-9-11(2)17-12(14)3/h5-9,15-16H,1-4H3. The molecule has 2 rings (SSSR count). The molecule has 1 aromatic carbocycles. The summed E-state index contributed by atoms with van der Waals surface area (Å²) in [7, 11) is 2.02. The van der Waals surface area contributed by atoms with Crippen LogP contribution in [0.1, 0.15) is 32.5 Å². The van der Waals surface area contributed by atoms with Crippen molar-refractivity contribution in [3.05, 3.63) is 56.8 Å². The third-order valence-electron chi connectivity index (χ3n) is 3.09. The van der Waals surface area contributed by atoms with Crippen molar-refractivity contribution in [1.82, 2.24) is 5.32 Å². The van der Waals surface area contributed by atoms with E-state index < -0.39 is 0 Å². The van der Waals surface area contributed by atoms with E-state index in [4.69, 9.17) is 0 Å². The van der Waals surface area contributed by atoms with Crippen LogP contribution < -0.4 is 5.32 Å². The largest absolute Gasteiger partial charge is 0.309 e. The van der Waals surface area contributed by atoms with Gasteiger partial charge in [-0.1, -0.05) is 29.8 Å². The third-order valence-corrected chi connectivity index (χ3v) is 4.07. The average molecular weight is 245 g/mol. The van der Waals surface area contributed by atoms with Crippen LogP contribution in [0.2, 0.25) is 0 Å². The summed E-state index contributed by atoms with van der Waals surface area (Å²) in [5, 5.41) is 3.41. The molecule has 0 radical (unpaired) electrons. The number of benzene rings is 1. The number of hydrogen-bond acceptors (Lipinski definition) is 2. The van der Waals surface area contributed by atoms with E-state index in [-0.39, 0.29) is 0 Å². The first kappa shape index (κ1) is 12.3. The van der Waals surface area contributed by atoms with Crippen molar-refractivity contribution < 1.29 is 0 Å². The van der Waals surface area contributed by atoms with Crippen molar-refractivity contribution in [3.63, 3.8) is 0 Å². The predicted molar refractivity (Wildman–Crippen MR) is 75.9 cm³/mol. The Morgan fingerprint density at radius 2 is 1.71 bits per heavy atom. The summed E-state index contributed by atoms with van der Waals surface area (Å²) in [5.74, 6) is 0. The Kier molecular flexibility index (Phi) is 3.65. The Morgan fingerprint density at radius 1 is 1.06 bits per heavy atom. The molecule has 17 heavy (non-hydrogen) atoms. The maximum atomic E-state index is 3.41. The van der Waals surface area contributed by atoms with Crippen LogP contribution in [-0.2, 0) is 0 Å². The Morgan fingerprint density at radius 3 is 2.18 bits per heavy atom. The second-order valence-corrected chi connectivity index (χ2v) is 5.96. The van der Waals surface area contributed by atoms with Gasteiger partial charge >= 0.3 is 0 Å². The lowest BCUT2D eigenvalue weighted by Gasteiger charge is -2.17. The van der Waals surface area contributed by atoms with Gasteiger partial charge < -0.3 is 5.32 Å². The summed E-state index contributed by atoms with van der Waals surface area (Å²) in [4.78, 5) is 2.78. The van der Waals surface area contributed by atoms with Gasteiger partial charge in [0, 0.05) is 9.75 Å². The van der Waals surface area contributed by atoms with Gasteiger partial charge in [0.05, 0.1) is 6.04 Å². The van der Waals surface area contributed by atoms with E-state index in [2.05, 4.69) is 56.4 Å². The molecule has 2 heteroatoms. The first-order chi connectivity index (χ1) is 8.11. The molecule has 90 valence electrons. The predicted octanol–water partition coefficient (Wildman–Crippen LogP) is 3.98. The molecule has 1 heterocycles. The maximum absolute atomic E-state index is 3.41. The molecule has 0 saturated carbocycles. The smallest absolute Gasteiger partial charge is 0.0585 e. The average Bonchev–Trinajstić information content (AvgIpc) is 2.62. The molecule has 0 spiro atoms. The van der Waals surface area contributed by atoms with Gasteiger partial charge in [-0.05, 0) is 45.0 Å². The van der Waals surface area contributed by atoms with Gasteiger partial charge in [0.1, 0.15) is 0 Å². The molecular formula is C15H19NS. The quantitative estimate of drug-likeness (QED) is 0.862. The Balaban J connectivity index is 2.39. The maximum Gasteiger partial charge on any atom is 0.0585 e. The molecule has 1 unspecified atom stereocenters. The third kappa shape index (κ3) is 2.59. The zero-order valence-corrected chi connectivity index (χ0v) is 11.7. The highest BCUT2D eigenvalue weighted by Gasteiger charge is 2.15. The van der Waals surface area contributed by atoms with Crippen LogP contribution in [0.4, 0.5) is 0 Å². The van der Waals surface area contributed by atoms with E-state index in [1.807, 2.05) is 18.4 Å². The number of aryl methyl sites for hydroxylation is 3. The molecule has 0 amide bonds. The number of hydrogen-bond donors (Lipinski definition) is 1. The second kappa shape index (κ2) is 5.03. The van der Waals surface area contributed by atoms with E-state index in [0.29, 0.717) is 6.04 Å². The number of nitrogens with one attached hydrogen (secondary N) is 1. The highest BCUT2D eigenvalue weighted by Crippen LogP contribution is 2.30. The normalized spacial score (nSPS) is 12.7. The SMILES string of the molecule is CNC(c1ccc(C)cc1)c1cc(C)sc1C. The highest BCUT2D eigenvalue weighted by atomic mass is 32.1. The molecule has 1 atom stereocenters. The van der Waals surface area contributed by atoms with Gasteiger partial charge in [-0.25, -0.2) is 0 Å². The molecule has 0 saturated heterocycles. The fourth-order valence-corrected chi connectivity index (χ4v) is 3.16. The van der Waals surface area contributed by atoms with E-state index >= 15 is 0 Å². The summed E-state index contributed by atoms with van der Waals surface area (Å²) in [6.07, 6.45) is 0. The fraction of sp³-hybridized carbons (Fsp3) is 0.333. The van der Waals surface area contributed by atoms with Crippen molar-refractivity contribution in [1.29, 1.82) is 0 Å². The van der Waals surface area contributed by atoms with E-state index in [9.17, 15) is 0 Å². The van der Waals surface area contributed by atoms with Gasteiger partial charge in [0.2, 0.25) is 0 Å². The molecule has 0 aliphatic carbocycles.